The van der Waals surface area contributed by atoms with Gasteiger partial charge in [0.25, 0.3) is 0 Å². The number of H-pyrrole nitrogens is 1. The molecule has 1 aliphatic carbocycles. The standard InChI is InChI=1S/C43H26N2/c1-2-12-26-25(9-1)21-35-39-27(26)14-7-15-29(39)32-23-33-34(43(41(32)35)37-18-8-20-45-37)22-31-28-13-5-10-24-11-6-16-30(38(24)28)40(31)42(33)36-17-3-4-19-44-36/h1-6,8-13,15-23,45H,7,14H2. The van der Waals surface area contributed by atoms with Crippen molar-refractivity contribution in [2.45, 2.75) is 12.8 Å². The Balaban J connectivity index is 1.48. The Morgan fingerprint density at radius 2 is 1.29 bits per heavy atom. The van der Waals surface area contributed by atoms with E-state index in [0.717, 1.165) is 24.2 Å². The van der Waals surface area contributed by atoms with Crippen LogP contribution in [0.4, 0.5) is 0 Å². The van der Waals surface area contributed by atoms with Gasteiger partial charge in [-0.15, -0.1) is 0 Å². The normalized spacial score (nSPS) is 13.3. The predicted octanol–water partition coefficient (Wildman–Crippen LogP) is 10.7. The number of aromatic nitrogens is 2. The van der Waals surface area contributed by atoms with Gasteiger partial charge in [0.1, 0.15) is 0 Å². The summed E-state index contributed by atoms with van der Waals surface area (Å²) < 4.78 is 0. The van der Waals surface area contributed by atoms with Crippen LogP contribution in [0.15, 0.2) is 122 Å². The molecule has 0 spiro atoms. The number of nitrogens with zero attached hydrogens (tertiary/aromatic N) is 1. The first-order valence-electron chi connectivity index (χ1n) is 15.9. The Morgan fingerprint density at radius 3 is 2.16 bits per heavy atom. The average molecular weight is 571 g/mol. The van der Waals surface area contributed by atoms with E-state index in [1.165, 1.54) is 97.3 Å². The third-order valence-corrected chi connectivity index (χ3v) is 10.4. The van der Waals surface area contributed by atoms with Gasteiger partial charge < -0.3 is 4.98 Å². The fraction of sp³-hybridized carbons (Fsp3) is 0.0465. The number of nitrogens with one attached hydrogen (secondary N) is 1. The average Bonchev–Trinajstić information content (AvgIpc) is 3.82. The van der Waals surface area contributed by atoms with Gasteiger partial charge in [-0.25, -0.2) is 0 Å². The molecular weight excluding hydrogens is 544 g/mol. The van der Waals surface area contributed by atoms with E-state index in [1.54, 1.807) is 0 Å². The van der Waals surface area contributed by atoms with Crippen molar-refractivity contribution in [1.29, 1.82) is 0 Å². The lowest BCUT2D eigenvalue weighted by Crippen LogP contribution is -2.07. The molecule has 208 valence electrons. The van der Waals surface area contributed by atoms with E-state index in [9.17, 15) is 0 Å². The molecule has 0 aliphatic heterocycles. The van der Waals surface area contributed by atoms with E-state index < -0.39 is 0 Å². The molecule has 2 heterocycles. The van der Waals surface area contributed by atoms with Crippen molar-refractivity contribution in [3.63, 3.8) is 0 Å². The highest BCUT2D eigenvalue weighted by Crippen LogP contribution is 2.50. The lowest BCUT2D eigenvalue weighted by atomic mass is 9.89. The zero-order valence-corrected chi connectivity index (χ0v) is 24.5. The van der Waals surface area contributed by atoms with Crippen LogP contribution in [0.25, 0.3) is 104 Å². The molecule has 8 aromatic carbocycles. The van der Waals surface area contributed by atoms with E-state index >= 15 is 0 Å². The summed E-state index contributed by atoms with van der Waals surface area (Å²) in [4.78, 5) is 8.64. The summed E-state index contributed by atoms with van der Waals surface area (Å²) in [6.45, 7) is 0. The van der Waals surface area contributed by atoms with Crippen molar-refractivity contribution >= 4 is 81.5 Å². The third kappa shape index (κ3) is 2.97. The first-order chi connectivity index (χ1) is 22.3. The molecular formula is C43H26N2. The minimum absolute atomic E-state index is 1.01. The summed E-state index contributed by atoms with van der Waals surface area (Å²) in [6.07, 6.45) is 8.61. The molecule has 10 aromatic rings. The lowest BCUT2D eigenvalue weighted by molar-refractivity contribution is 1.05. The van der Waals surface area contributed by atoms with Crippen molar-refractivity contribution in [3.05, 3.63) is 132 Å². The predicted molar refractivity (Wildman–Crippen MR) is 191 cm³/mol. The van der Waals surface area contributed by atoms with Crippen LogP contribution in [0.1, 0.15) is 12.0 Å². The van der Waals surface area contributed by atoms with Gasteiger partial charge in [0.2, 0.25) is 0 Å². The van der Waals surface area contributed by atoms with E-state index in [1.807, 2.05) is 12.3 Å². The van der Waals surface area contributed by atoms with Crippen LogP contribution in [0.5, 0.6) is 0 Å². The van der Waals surface area contributed by atoms with Crippen LogP contribution in [0.3, 0.4) is 0 Å². The minimum Gasteiger partial charge on any atom is -0.361 e. The van der Waals surface area contributed by atoms with Crippen molar-refractivity contribution in [2.24, 2.45) is 0 Å². The molecule has 0 radical (unpaired) electrons. The molecule has 2 heteroatoms. The van der Waals surface area contributed by atoms with Gasteiger partial charge in [0, 0.05) is 40.0 Å². The number of aryl methyl sites for hydroxylation is 1. The van der Waals surface area contributed by atoms with Crippen LogP contribution < -0.4 is 5.22 Å². The Kier molecular flexibility index (Phi) is 4.45. The largest absolute Gasteiger partial charge is 0.361 e. The maximum Gasteiger partial charge on any atom is 0.0714 e. The molecule has 0 saturated carbocycles. The summed E-state index contributed by atoms with van der Waals surface area (Å²) in [5, 5.41) is 19.9. The van der Waals surface area contributed by atoms with Crippen LogP contribution >= 0.6 is 0 Å². The summed E-state index contributed by atoms with van der Waals surface area (Å²) in [5.41, 5.74) is 6.16. The van der Waals surface area contributed by atoms with Crippen molar-refractivity contribution in [3.8, 4) is 22.5 Å². The molecule has 0 unspecified atom stereocenters. The van der Waals surface area contributed by atoms with E-state index in [0.29, 0.717) is 0 Å². The Morgan fingerprint density at radius 1 is 0.511 bits per heavy atom. The first kappa shape index (κ1) is 23.7. The van der Waals surface area contributed by atoms with Gasteiger partial charge in [0.05, 0.1) is 5.69 Å². The lowest BCUT2D eigenvalue weighted by Gasteiger charge is -2.15. The molecule has 11 rings (SSSR count). The van der Waals surface area contributed by atoms with Crippen LogP contribution in [0.2, 0.25) is 0 Å². The highest BCUT2D eigenvalue weighted by atomic mass is 14.7. The summed E-state index contributed by atoms with van der Waals surface area (Å²) >= 11 is 0. The zero-order chi connectivity index (χ0) is 29.2. The maximum atomic E-state index is 5.01. The highest BCUT2D eigenvalue weighted by molar-refractivity contribution is 6.38. The van der Waals surface area contributed by atoms with Gasteiger partial charge in [-0.2, -0.15) is 0 Å². The van der Waals surface area contributed by atoms with Crippen molar-refractivity contribution in [2.75, 3.05) is 0 Å². The summed E-state index contributed by atoms with van der Waals surface area (Å²) in [5.74, 6) is 0. The quantitative estimate of drug-likeness (QED) is 0.220. The number of benzene rings is 6. The monoisotopic (exact) mass is 570 g/mol. The molecule has 1 N–H and O–H groups in total. The van der Waals surface area contributed by atoms with Gasteiger partial charge in [-0.3, -0.25) is 4.98 Å². The molecule has 2 aromatic heterocycles. The zero-order valence-electron chi connectivity index (χ0n) is 24.5. The molecule has 45 heavy (non-hydrogen) atoms. The number of pyridine rings is 1. The fourth-order valence-corrected chi connectivity index (χ4v) is 8.74. The molecule has 1 aliphatic rings. The van der Waals surface area contributed by atoms with E-state index in [2.05, 4.69) is 120 Å². The number of aromatic amines is 1. The van der Waals surface area contributed by atoms with Gasteiger partial charge >= 0.3 is 0 Å². The van der Waals surface area contributed by atoms with Gasteiger partial charge in [-0.05, 0) is 131 Å². The topological polar surface area (TPSA) is 28.7 Å². The SMILES string of the molecule is C1=c2c3cc4c(-c5ccccn5)c5c(cc4c(-c4ccc[nH]4)c3c3cc4ccccc4c(c23)CC1)c1cccc2cccc5c21. The molecule has 0 amide bonds. The number of rotatable bonds is 2. The van der Waals surface area contributed by atoms with Crippen molar-refractivity contribution in [1.82, 2.24) is 9.97 Å². The number of hydrogen-bond donors (Lipinski definition) is 1. The maximum absolute atomic E-state index is 5.01. The number of fused-ring (bicyclic) bond motifs is 9. The highest BCUT2D eigenvalue weighted by Gasteiger charge is 2.25. The van der Waals surface area contributed by atoms with Gasteiger partial charge in [0.15, 0.2) is 0 Å². The van der Waals surface area contributed by atoms with Gasteiger partial charge in [-0.1, -0.05) is 72.8 Å². The second-order valence-electron chi connectivity index (χ2n) is 12.6. The van der Waals surface area contributed by atoms with Crippen molar-refractivity contribution < 1.29 is 0 Å². The second kappa shape index (κ2) is 8.46. The first-order valence-corrected chi connectivity index (χ1v) is 15.9. The fourth-order valence-electron chi connectivity index (χ4n) is 8.74. The summed E-state index contributed by atoms with van der Waals surface area (Å²) in [7, 11) is 0. The molecule has 0 bridgehead atoms. The summed E-state index contributed by atoms with van der Waals surface area (Å²) in [6, 6.07) is 40.5. The van der Waals surface area contributed by atoms with E-state index in [4.69, 9.17) is 4.98 Å². The molecule has 2 nitrogen and oxygen atoms in total. The third-order valence-electron chi connectivity index (χ3n) is 10.4. The van der Waals surface area contributed by atoms with Crippen LogP contribution in [-0.4, -0.2) is 9.97 Å². The Hall–Kier alpha value is -5.73. The molecule has 0 fully saturated rings. The smallest absolute Gasteiger partial charge is 0.0714 e. The Labute approximate surface area is 258 Å². The van der Waals surface area contributed by atoms with Crippen LogP contribution in [-0.2, 0) is 6.42 Å². The molecule has 0 atom stereocenters. The second-order valence-corrected chi connectivity index (χ2v) is 12.6. The van der Waals surface area contributed by atoms with Crippen LogP contribution in [0, 0.1) is 0 Å². The number of hydrogen-bond acceptors (Lipinski definition) is 1. The Bertz CT molecular complexity index is 2890. The molecule has 0 saturated heterocycles. The van der Waals surface area contributed by atoms with E-state index in [-0.39, 0.29) is 0 Å². The minimum atomic E-state index is 1.01.